The van der Waals surface area contributed by atoms with Crippen molar-refractivity contribution in [3.63, 3.8) is 0 Å². The van der Waals surface area contributed by atoms with Gasteiger partial charge in [-0.05, 0) is 73.6 Å². The van der Waals surface area contributed by atoms with Crippen molar-refractivity contribution in [3.05, 3.63) is 89.0 Å². The molecule has 0 fully saturated rings. The fraction of sp³-hybridized carbons (Fsp3) is 0.269. The van der Waals surface area contributed by atoms with Gasteiger partial charge >= 0.3 is 0 Å². The molecule has 0 bridgehead atoms. The van der Waals surface area contributed by atoms with Crippen LogP contribution in [0.5, 0.6) is 0 Å². The average Bonchev–Trinajstić information content (AvgIpc) is 2.83. The van der Waals surface area contributed by atoms with Crippen molar-refractivity contribution in [2.45, 2.75) is 37.5 Å². The van der Waals surface area contributed by atoms with Crippen LogP contribution >= 0.6 is 0 Å². The standard InChI is InChI=1S/C26H26N2O3S/c1-19-8-4-10-21-13-6-16-27(25(19)21)26(29)22-11-5-14-23(18-22)32(30,31)28-17-7-12-20-9-2-3-15-24(20)28/h2-5,8-11,14-15,18H,6-7,12-13,16-17H2,1H3. The maximum absolute atomic E-state index is 13.6. The Morgan fingerprint density at radius 2 is 1.56 bits per heavy atom. The lowest BCUT2D eigenvalue weighted by molar-refractivity contribution is 0.0984. The molecule has 0 saturated heterocycles. The Kier molecular flexibility index (Phi) is 5.25. The van der Waals surface area contributed by atoms with Gasteiger partial charge in [-0.1, -0.05) is 42.5 Å². The molecule has 0 aromatic heterocycles. The van der Waals surface area contributed by atoms with Gasteiger partial charge in [0, 0.05) is 18.7 Å². The van der Waals surface area contributed by atoms with Gasteiger partial charge in [0.05, 0.1) is 16.3 Å². The Balaban J connectivity index is 1.51. The molecule has 0 atom stereocenters. The van der Waals surface area contributed by atoms with Crippen LogP contribution in [-0.2, 0) is 22.9 Å². The largest absolute Gasteiger partial charge is 0.308 e. The number of nitrogens with zero attached hydrogens (tertiary/aromatic N) is 2. The molecule has 0 radical (unpaired) electrons. The molecule has 0 aliphatic carbocycles. The van der Waals surface area contributed by atoms with E-state index >= 15 is 0 Å². The Labute approximate surface area is 189 Å². The van der Waals surface area contributed by atoms with E-state index in [1.807, 2.05) is 43.3 Å². The van der Waals surface area contributed by atoms with E-state index in [0.717, 1.165) is 48.2 Å². The highest BCUT2D eigenvalue weighted by atomic mass is 32.2. The Morgan fingerprint density at radius 1 is 0.844 bits per heavy atom. The zero-order chi connectivity index (χ0) is 22.3. The van der Waals surface area contributed by atoms with Gasteiger partial charge in [0.15, 0.2) is 0 Å². The zero-order valence-corrected chi connectivity index (χ0v) is 18.9. The highest BCUT2D eigenvalue weighted by Gasteiger charge is 2.30. The first-order valence-electron chi connectivity index (χ1n) is 11.1. The SMILES string of the molecule is Cc1cccc2c1N(C(=O)c1cccc(S(=O)(=O)N3CCCc4ccccc43)c1)CCC2. The normalized spacial score (nSPS) is 15.8. The van der Waals surface area contributed by atoms with Crippen molar-refractivity contribution < 1.29 is 13.2 Å². The van der Waals surface area contributed by atoms with Crippen LogP contribution in [0.1, 0.15) is 39.9 Å². The summed E-state index contributed by atoms with van der Waals surface area (Å²) in [7, 11) is -3.77. The lowest BCUT2D eigenvalue weighted by Gasteiger charge is -2.32. The molecule has 5 rings (SSSR count). The first-order valence-corrected chi connectivity index (χ1v) is 12.5. The van der Waals surface area contributed by atoms with Crippen molar-refractivity contribution in [2.75, 3.05) is 22.3 Å². The number of anilines is 2. The third kappa shape index (κ3) is 3.48. The van der Waals surface area contributed by atoms with Crippen LogP contribution in [0.25, 0.3) is 0 Å². The third-order valence-corrected chi connectivity index (χ3v) is 8.21. The summed E-state index contributed by atoms with van der Waals surface area (Å²) < 4.78 is 28.6. The molecule has 2 aliphatic heterocycles. The first kappa shape index (κ1) is 20.8. The molecule has 3 aromatic rings. The van der Waals surface area contributed by atoms with Gasteiger partial charge in [0.2, 0.25) is 0 Å². The predicted octanol–water partition coefficient (Wildman–Crippen LogP) is 4.73. The fourth-order valence-corrected chi connectivity index (χ4v) is 6.46. The van der Waals surface area contributed by atoms with Crippen molar-refractivity contribution in [1.29, 1.82) is 0 Å². The zero-order valence-electron chi connectivity index (χ0n) is 18.1. The van der Waals surface area contributed by atoms with E-state index in [-0.39, 0.29) is 10.8 Å². The molecule has 2 aliphatic rings. The van der Waals surface area contributed by atoms with E-state index in [9.17, 15) is 13.2 Å². The molecule has 0 saturated carbocycles. The van der Waals surface area contributed by atoms with E-state index < -0.39 is 10.0 Å². The topological polar surface area (TPSA) is 57.7 Å². The van der Waals surface area contributed by atoms with Crippen molar-refractivity contribution in [3.8, 4) is 0 Å². The number of carbonyl (C=O) groups excluding carboxylic acids is 1. The Morgan fingerprint density at radius 3 is 2.44 bits per heavy atom. The number of benzene rings is 3. The average molecular weight is 447 g/mol. The number of sulfonamides is 1. The van der Waals surface area contributed by atoms with Crippen LogP contribution in [0, 0.1) is 6.92 Å². The van der Waals surface area contributed by atoms with Crippen LogP contribution in [0.4, 0.5) is 11.4 Å². The van der Waals surface area contributed by atoms with Gasteiger partial charge in [-0.2, -0.15) is 0 Å². The van der Waals surface area contributed by atoms with Crippen molar-refractivity contribution >= 4 is 27.3 Å². The summed E-state index contributed by atoms with van der Waals surface area (Å²) in [5, 5.41) is 0. The van der Waals surface area contributed by atoms with Crippen LogP contribution < -0.4 is 9.21 Å². The molecule has 2 heterocycles. The molecular weight excluding hydrogens is 420 g/mol. The van der Waals surface area contributed by atoms with E-state index in [4.69, 9.17) is 0 Å². The highest BCUT2D eigenvalue weighted by molar-refractivity contribution is 7.92. The van der Waals surface area contributed by atoms with Gasteiger partial charge in [-0.3, -0.25) is 9.10 Å². The van der Waals surface area contributed by atoms with E-state index in [1.54, 1.807) is 23.1 Å². The second kappa shape index (κ2) is 8.10. The molecule has 6 heteroatoms. The molecule has 0 N–H and O–H groups in total. The van der Waals surface area contributed by atoms with E-state index in [1.165, 1.54) is 15.9 Å². The molecule has 0 spiro atoms. The second-order valence-electron chi connectivity index (χ2n) is 8.48. The number of para-hydroxylation sites is 2. The van der Waals surface area contributed by atoms with Crippen molar-refractivity contribution in [2.24, 2.45) is 0 Å². The number of hydrogen-bond acceptors (Lipinski definition) is 3. The van der Waals surface area contributed by atoms with E-state index in [2.05, 4.69) is 6.07 Å². The third-order valence-electron chi connectivity index (χ3n) is 6.40. The van der Waals surface area contributed by atoms with Crippen LogP contribution in [-0.4, -0.2) is 27.4 Å². The molecular formula is C26H26N2O3S. The number of amides is 1. The molecule has 3 aromatic carbocycles. The summed E-state index contributed by atoms with van der Waals surface area (Å²) in [5.74, 6) is -0.156. The van der Waals surface area contributed by atoms with E-state index in [0.29, 0.717) is 18.7 Å². The highest BCUT2D eigenvalue weighted by Crippen LogP contribution is 2.34. The number of fused-ring (bicyclic) bond motifs is 2. The molecule has 164 valence electrons. The second-order valence-corrected chi connectivity index (χ2v) is 10.3. The summed E-state index contributed by atoms with van der Waals surface area (Å²) in [6.45, 7) is 3.09. The summed E-state index contributed by atoms with van der Waals surface area (Å²) in [4.78, 5) is 15.4. The van der Waals surface area contributed by atoms with Gasteiger partial charge in [-0.15, -0.1) is 0 Å². The Hall–Kier alpha value is -3.12. The lowest BCUT2D eigenvalue weighted by Crippen LogP contribution is -2.37. The van der Waals surface area contributed by atoms with Crippen molar-refractivity contribution in [1.82, 2.24) is 0 Å². The number of rotatable bonds is 3. The molecule has 0 unspecified atom stereocenters. The minimum atomic E-state index is -3.77. The van der Waals surface area contributed by atoms with Crippen LogP contribution in [0.2, 0.25) is 0 Å². The van der Waals surface area contributed by atoms with Gasteiger partial charge in [0.25, 0.3) is 15.9 Å². The predicted molar refractivity (Wildman–Crippen MR) is 127 cm³/mol. The number of carbonyl (C=O) groups is 1. The van der Waals surface area contributed by atoms with Crippen LogP contribution in [0.3, 0.4) is 0 Å². The Bertz CT molecular complexity index is 1300. The molecule has 1 amide bonds. The lowest BCUT2D eigenvalue weighted by atomic mass is 9.97. The number of aryl methyl sites for hydroxylation is 3. The van der Waals surface area contributed by atoms with Crippen LogP contribution in [0.15, 0.2) is 71.6 Å². The van der Waals surface area contributed by atoms with Gasteiger partial charge < -0.3 is 4.90 Å². The summed E-state index contributed by atoms with van der Waals surface area (Å²) in [6.07, 6.45) is 3.49. The first-order chi connectivity index (χ1) is 15.5. The minimum absolute atomic E-state index is 0.155. The monoisotopic (exact) mass is 446 g/mol. The minimum Gasteiger partial charge on any atom is -0.308 e. The number of hydrogen-bond donors (Lipinski definition) is 0. The quantitative estimate of drug-likeness (QED) is 0.584. The maximum atomic E-state index is 13.6. The van der Waals surface area contributed by atoms with Gasteiger partial charge in [0.1, 0.15) is 0 Å². The summed E-state index contributed by atoms with van der Waals surface area (Å²) >= 11 is 0. The summed E-state index contributed by atoms with van der Waals surface area (Å²) in [6, 6.07) is 20.2. The molecule has 32 heavy (non-hydrogen) atoms. The molecule has 5 nitrogen and oxygen atoms in total. The maximum Gasteiger partial charge on any atom is 0.264 e. The van der Waals surface area contributed by atoms with Gasteiger partial charge in [-0.25, -0.2) is 8.42 Å². The summed E-state index contributed by atoms with van der Waals surface area (Å²) in [5.41, 5.74) is 5.35. The fourth-order valence-electron chi connectivity index (χ4n) is 4.87. The smallest absolute Gasteiger partial charge is 0.264 e.